The lowest BCUT2D eigenvalue weighted by atomic mass is 10.0. The van der Waals surface area contributed by atoms with Gasteiger partial charge in [0.05, 0.1) is 0 Å². The minimum Gasteiger partial charge on any atom is -0.357 e. The van der Waals surface area contributed by atoms with Gasteiger partial charge in [0, 0.05) is 45.7 Å². The van der Waals surface area contributed by atoms with Gasteiger partial charge in [-0.25, -0.2) is 0 Å². The second-order valence-corrected chi connectivity index (χ2v) is 8.49. The van der Waals surface area contributed by atoms with Crippen molar-refractivity contribution in [1.29, 1.82) is 0 Å². The summed E-state index contributed by atoms with van der Waals surface area (Å²) in [5.41, 5.74) is 0. The van der Waals surface area contributed by atoms with Crippen molar-refractivity contribution in [3.8, 4) is 0 Å². The standard InChI is InChI=1S/C22H43N5O/c1-3-23-22(24-13-6-8-15-26-16-9-11-20(2)19-26)25-14-10-18-27-17-7-4-5-12-21(27)28/h20H,3-19H2,1-2H3,(H2,23,24,25). The van der Waals surface area contributed by atoms with Crippen LogP contribution >= 0.6 is 0 Å². The van der Waals surface area contributed by atoms with Crippen LogP contribution in [0.2, 0.25) is 0 Å². The molecule has 0 aromatic carbocycles. The van der Waals surface area contributed by atoms with Crippen LogP contribution < -0.4 is 10.6 Å². The molecule has 2 aliphatic rings. The van der Waals surface area contributed by atoms with Crippen LogP contribution in [0.25, 0.3) is 0 Å². The second-order valence-electron chi connectivity index (χ2n) is 8.49. The predicted octanol–water partition coefficient (Wildman–Crippen LogP) is 2.85. The number of unbranched alkanes of at least 4 members (excludes halogenated alkanes) is 1. The largest absolute Gasteiger partial charge is 0.357 e. The zero-order chi connectivity index (χ0) is 20.0. The Balaban J connectivity index is 1.58. The number of nitrogens with one attached hydrogen (secondary N) is 2. The number of rotatable bonds is 10. The molecule has 1 amide bonds. The molecule has 2 fully saturated rings. The van der Waals surface area contributed by atoms with Gasteiger partial charge in [-0.3, -0.25) is 9.79 Å². The first-order valence-corrected chi connectivity index (χ1v) is 11.7. The van der Waals surface area contributed by atoms with Crippen molar-refractivity contribution in [2.45, 2.75) is 71.6 Å². The molecule has 2 N–H and O–H groups in total. The Morgan fingerprint density at radius 2 is 1.96 bits per heavy atom. The number of piperidine rings is 1. The molecule has 6 heteroatoms. The molecular formula is C22H43N5O. The third-order valence-corrected chi connectivity index (χ3v) is 5.81. The molecule has 0 spiro atoms. The van der Waals surface area contributed by atoms with Crippen LogP contribution in [0.3, 0.4) is 0 Å². The van der Waals surface area contributed by atoms with Crippen molar-refractivity contribution < 1.29 is 4.79 Å². The molecular weight excluding hydrogens is 350 g/mol. The van der Waals surface area contributed by atoms with E-state index in [1.54, 1.807) is 0 Å². The lowest BCUT2D eigenvalue weighted by Gasteiger charge is -2.30. The van der Waals surface area contributed by atoms with E-state index in [2.05, 4.69) is 34.4 Å². The molecule has 2 aliphatic heterocycles. The fourth-order valence-electron chi connectivity index (χ4n) is 4.23. The highest BCUT2D eigenvalue weighted by Gasteiger charge is 2.16. The van der Waals surface area contributed by atoms with Crippen molar-refractivity contribution >= 4 is 11.9 Å². The average Bonchev–Trinajstić information content (AvgIpc) is 2.89. The molecule has 0 radical (unpaired) electrons. The van der Waals surface area contributed by atoms with Crippen molar-refractivity contribution in [2.24, 2.45) is 10.9 Å². The molecule has 2 heterocycles. The van der Waals surface area contributed by atoms with Gasteiger partial charge in [0.15, 0.2) is 5.96 Å². The highest BCUT2D eigenvalue weighted by Crippen LogP contribution is 2.15. The van der Waals surface area contributed by atoms with E-state index in [0.717, 1.165) is 70.3 Å². The molecule has 0 aromatic rings. The number of guanidine groups is 1. The van der Waals surface area contributed by atoms with Gasteiger partial charge >= 0.3 is 0 Å². The molecule has 1 atom stereocenters. The maximum atomic E-state index is 12.0. The number of carbonyl (C=O) groups is 1. The van der Waals surface area contributed by atoms with Crippen LogP contribution in [0.5, 0.6) is 0 Å². The Hall–Kier alpha value is -1.30. The van der Waals surface area contributed by atoms with E-state index in [9.17, 15) is 4.79 Å². The van der Waals surface area contributed by atoms with Gasteiger partial charge in [-0.15, -0.1) is 0 Å². The number of nitrogens with zero attached hydrogens (tertiary/aromatic N) is 3. The molecule has 0 aliphatic carbocycles. The average molecular weight is 394 g/mol. The molecule has 2 saturated heterocycles. The summed E-state index contributed by atoms with van der Waals surface area (Å²) < 4.78 is 0. The molecule has 0 saturated carbocycles. The molecule has 162 valence electrons. The van der Waals surface area contributed by atoms with E-state index in [-0.39, 0.29) is 0 Å². The Bertz CT molecular complexity index is 468. The Morgan fingerprint density at radius 1 is 1.07 bits per heavy atom. The first kappa shape index (κ1) is 23.0. The molecule has 0 bridgehead atoms. The van der Waals surface area contributed by atoms with E-state index >= 15 is 0 Å². The topological polar surface area (TPSA) is 60.0 Å². The number of aliphatic imine (C=N–C) groups is 1. The maximum Gasteiger partial charge on any atom is 0.222 e. The Labute approximate surface area is 172 Å². The van der Waals surface area contributed by atoms with Crippen LogP contribution in [0.1, 0.15) is 71.6 Å². The van der Waals surface area contributed by atoms with Crippen LogP contribution in [0, 0.1) is 5.92 Å². The summed E-state index contributed by atoms with van der Waals surface area (Å²) in [4.78, 5) is 21.4. The second kappa shape index (κ2) is 13.8. The van der Waals surface area contributed by atoms with Gasteiger partial charge in [0.25, 0.3) is 0 Å². The number of hydrogen-bond acceptors (Lipinski definition) is 3. The number of amides is 1. The van der Waals surface area contributed by atoms with Crippen molar-refractivity contribution in [3.05, 3.63) is 0 Å². The van der Waals surface area contributed by atoms with E-state index in [1.807, 2.05) is 4.90 Å². The zero-order valence-electron chi connectivity index (χ0n) is 18.3. The monoisotopic (exact) mass is 393 g/mol. The van der Waals surface area contributed by atoms with Crippen LogP contribution in [0.15, 0.2) is 4.99 Å². The quantitative estimate of drug-likeness (QED) is 0.340. The fraction of sp³-hybridized carbons (Fsp3) is 0.909. The van der Waals surface area contributed by atoms with Crippen molar-refractivity contribution in [1.82, 2.24) is 20.4 Å². The van der Waals surface area contributed by atoms with Crippen LogP contribution in [-0.2, 0) is 4.79 Å². The maximum absolute atomic E-state index is 12.0. The molecule has 28 heavy (non-hydrogen) atoms. The Kier molecular flexibility index (Phi) is 11.3. The van der Waals surface area contributed by atoms with Crippen LogP contribution in [0.4, 0.5) is 0 Å². The van der Waals surface area contributed by atoms with Crippen molar-refractivity contribution in [2.75, 3.05) is 52.4 Å². The summed E-state index contributed by atoms with van der Waals surface area (Å²) in [6.07, 6.45) is 10.2. The summed E-state index contributed by atoms with van der Waals surface area (Å²) in [5.74, 6) is 2.11. The highest BCUT2D eigenvalue weighted by molar-refractivity contribution is 5.79. The van der Waals surface area contributed by atoms with Gasteiger partial charge in [-0.1, -0.05) is 13.3 Å². The third-order valence-electron chi connectivity index (χ3n) is 5.81. The van der Waals surface area contributed by atoms with E-state index in [4.69, 9.17) is 0 Å². The molecule has 6 nitrogen and oxygen atoms in total. The normalized spacial score (nSPS) is 22.2. The van der Waals surface area contributed by atoms with Crippen LogP contribution in [-0.4, -0.2) is 74.0 Å². The first-order valence-electron chi connectivity index (χ1n) is 11.7. The molecule has 2 rings (SSSR count). The zero-order valence-corrected chi connectivity index (χ0v) is 18.3. The predicted molar refractivity (Wildman–Crippen MR) is 118 cm³/mol. The summed E-state index contributed by atoms with van der Waals surface area (Å²) >= 11 is 0. The minimum absolute atomic E-state index is 0.328. The highest BCUT2D eigenvalue weighted by atomic mass is 16.2. The summed E-state index contributed by atoms with van der Waals surface area (Å²) in [6.45, 7) is 12.6. The third kappa shape index (κ3) is 9.26. The lowest BCUT2D eigenvalue weighted by Crippen LogP contribution is -2.38. The number of hydrogen-bond donors (Lipinski definition) is 2. The SMILES string of the molecule is CCNC(=NCCCN1CCCCCC1=O)NCCCCN1CCCC(C)C1. The summed E-state index contributed by atoms with van der Waals surface area (Å²) in [6, 6.07) is 0. The van der Waals surface area contributed by atoms with Gasteiger partial charge in [-0.05, 0) is 70.9 Å². The van der Waals surface area contributed by atoms with E-state index in [1.165, 1.54) is 51.7 Å². The first-order chi connectivity index (χ1) is 13.7. The van der Waals surface area contributed by atoms with Crippen molar-refractivity contribution in [3.63, 3.8) is 0 Å². The summed E-state index contributed by atoms with van der Waals surface area (Å²) in [5, 5.41) is 6.80. The van der Waals surface area contributed by atoms with E-state index < -0.39 is 0 Å². The van der Waals surface area contributed by atoms with E-state index in [0.29, 0.717) is 5.91 Å². The van der Waals surface area contributed by atoms with Gasteiger partial charge in [0.1, 0.15) is 0 Å². The fourth-order valence-corrected chi connectivity index (χ4v) is 4.23. The van der Waals surface area contributed by atoms with Gasteiger partial charge in [-0.2, -0.15) is 0 Å². The Morgan fingerprint density at radius 3 is 2.79 bits per heavy atom. The minimum atomic E-state index is 0.328. The number of likely N-dealkylation sites (tertiary alicyclic amines) is 2. The lowest BCUT2D eigenvalue weighted by molar-refractivity contribution is -0.130. The summed E-state index contributed by atoms with van der Waals surface area (Å²) in [7, 11) is 0. The smallest absolute Gasteiger partial charge is 0.222 e. The molecule has 0 aromatic heterocycles. The van der Waals surface area contributed by atoms with Gasteiger partial charge in [0.2, 0.25) is 5.91 Å². The van der Waals surface area contributed by atoms with Gasteiger partial charge < -0.3 is 20.4 Å². The molecule has 1 unspecified atom stereocenters. The number of carbonyl (C=O) groups excluding carboxylic acids is 1.